The zero-order chi connectivity index (χ0) is 16.8. The average Bonchev–Trinajstić information content (AvgIpc) is 3.07. The van der Waals surface area contributed by atoms with Gasteiger partial charge in [0.2, 0.25) is 11.8 Å². The van der Waals surface area contributed by atoms with Crippen LogP contribution in [-0.4, -0.2) is 29.4 Å². The maximum absolute atomic E-state index is 11.8. The van der Waals surface area contributed by atoms with Crippen LogP contribution in [0.5, 0.6) is 0 Å². The van der Waals surface area contributed by atoms with Crippen molar-refractivity contribution in [2.24, 2.45) is 11.7 Å². The zero-order valence-corrected chi connectivity index (χ0v) is 13.9. The van der Waals surface area contributed by atoms with Gasteiger partial charge in [-0.1, -0.05) is 13.8 Å². The van der Waals surface area contributed by atoms with Crippen LogP contribution in [0.1, 0.15) is 13.8 Å². The van der Waals surface area contributed by atoms with Gasteiger partial charge < -0.3 is 16.4 Å². The van der Waals surface area contributed by atoms with E-state index < -0.39 is 6.04 Å². The Morgan fingerprint density at radius 3 is 2.52 bits per heavy atom. The molecule has 1 heterocycles. The molecule has 2 aromatic rings. The van der Waals surface area contributed by atoms with Crippen LogP contribution in [0.2, 0.25) is 0 Å². The third kappa shape index (κ3) is 4.87. The lowest BCUT2D eigenvalue weighted by Gasteiger charge is -2.15. The third-order valence-corrected chi connectivity index (χ3v) is 4.11. The van der Waals surface area contributed by atoms with E-state index in [1.807, 2.05) is 31.4 Å². The van der Waals surface area contributed by atoms with Gasteiger partial charge in [0, 0.05) is 22.8 Å². The van der Waals surface area contributed by atoms with Gasteiger partial charge in [0.25, 0.3) is 0 Å². The molecule has 4 N–H and O–H groups in total. The van der Waals surface area contributed by atoms with Crippen LogP contribution >= 0.6 is 11.3 Å². The summed E-state index contributed by atoms with van der Waals surface area (Å²) in [6.07, 6.45) is 1.75. The molecule has 0 spiro atoms. The number of carbonyl (C=O) groups excluding carboxylic acids is 2. The van der Waals surface area contributed by atoms with Gasteiger partial charge in [-0.25, -0.2) is 4.98 Å². The van der Waals surface area contributed by atoms with Crippen molar-refractivity contribution in [1.82, 2.24) is 10.3 Å². The van der Waals surface area contributed by atoms with E-state index in [1.165, 1.54) is 0 Å². The number of nitrogens with one attached hydrogen (secondary N) is 2. The van der Waals surface area contributed by atoms with E-state index in [-0.39, 0.29) is 24.3 Å². The summed E-state index contributed by atoms with van der Waals surface area (Å²) in [5.74, 6) is -0.595. The Labute approximate surface area is 139 Å². The molecular formula is C16H20N4O2S. The normalized spacial score (nSPS) is 12.0. The highest BCUT2D eigenvalue weighted by atomic mass is 32.1. The molecule has 1 atom stereocenters. The van der Waals surface area contributed by atoms with Crippen molar-refractivity contribution in [2.75, 3.05) is 11.9 Å². The van der Waals surface area contributed by atoms with Crippen molar-refractivity contribution < 1.29 is 9.59 Å². The molecule has 0 fully saturated rings. The molecule has 0 unspecified atom stereocenters. The van der Waals surface area contributed by atoms with E-state index in [2.05, 4.69) is 15.6 Å². The second-order valence-corrected chi connectivity index (χ2v) is 6.34. The quantitative estimate of drug-likeness (QED) is 0.752. The van der Waals surface area contributed by atoms with Crippen LogP contribution in [0.3, 0.4) is 0 Å². The summed E-state index contributed by atoms with van der Waals surface area (Å²) >= 11 is 1.55. The molecule has 2 amide bonds. The number of nitrogens with zero attached hydrogens (tertiary/aromatic N) is 1. The van der Waals surface area contributed by atoms with Crippen LogP contribution in [0.4, 0.5) is 5.69 Å². The largest absolute Gasteiger partial charge is 0.346 e. The fraction of sp³-hybridized carbons (Fsp3) is 0.312. The first kappa shape index (κ1) is 17.1. The predicted octanol–water partition coefficient (Wildman–Crippen LogP) is 1.85. The number of anilines is 1. The monoisotopic (exact) mass is 332 g/mol. The number of amides is 2. The minimum absolute atomic E-state index is 0.0245. The number of hydrogen-bond acceptors (Lipinski definition) is 5. The Morgan fingerprint density at radius 1 is 1.26 bits per heavy atom. The molecule has 0 bridgehead atoms. The standard InChI is InChI=1S/C16H20N4O2S/c1-10(2)14(17)15(22)19-9-13(21)20-12-5-3-11(4-6-12)16-18-7-8-23-16/h3-8,10,14H,9,17H2,1-2H3,(H,19,22)(H,20,21)/t14-/m0/s1. The molecular weight excluding hydrogens is 312 g/mol. The molecule has 0 aliphatic carbocycles. The van der Waals surface area contributed by atoms with Crippen molar-refractivity contribution in [3.8, 4) is 10.6 Å². The molecule has 0 saturated heterocycles. The maximum Gasteiger partial charge on any atom is 0.243 e. The van der Waals surface area contributed by atoms with E-state index in [9.17, 15) is 9.59 Å². The summed E-state index contributed by atoms with van der Waals surface area (Å²) in [6.45, 7) is 3.61. The van der Waals surface area contributed by atoms with Crippen molar-refractivity contribution in [3.63, 3.8) is 0 Å². The Kier molecular flexibility index (Phi) is 5.84. The predicted molar refractivity (Wildman–Crippen MR) is 92.0 cm³/mol. The first-order valence-corrected chi connectivity index (χ1v) is 8.18. The van der Waals surface area contributed by atoms with Gasteiger partial charge in [-0.15, -0.1) is 11.3 Å². The van der Waals surface area contributed by atoms with Gasteiger partial charge in [0.15, 0.2) is 0 Å². The minimum Gasteiger partial charge on any atom is -0.346 e. The second kappa shape index (κ2) is 7.85. The minimum atomic E-state index is -0.611. The fourth-order valence-corrected chi connectivity index (χ4v) is 2.50. The van der Waals surface area contributed by atoms with Crippen molar-refractivity contribution in [1.29, 1.82) is 0 Å². The topological polar surface area (TPSA) is 97.1 Å². The SMILES string of the molecule is CC(C)[C@H](N)C(=O)NCC(=O)Nc1ccc(-c2nccs2)cc1. The van der Waals surface area contributed by atoms with Crippen LogP contribution in [0.25, 0.3) is 10.6 Å². The molecule has 0 aliphatic heterocycles. The first-order valence-electron chi connectivity index (χ1n) is 7.30. The summed E-state index contributed by atoms with van der Waals surface area (Å²) < 4.78 is 0. The fourth-order valence-electron chi connectivity index (χ4n) is 1.86. The number of aromatic nitrogens is 1. The third-order valence-electron chi connectivity index (χ3n) is 3.29. The van der Waals surface area contributed by atoms with Gasteiger partial charge in [-0.3, -0.25) is 9.59 Å². The Balaban J connectivity index is 1.85. The van der Waals surface area contributed by atoms with Gasteiger partial charge in [0.1, 0.15) is 5.01 Å². The van der Waals surface area contributed by atoms with Crippen molar-refractivity contribution in [2.45, 2.75) is 19.9 Å². The number of carbonyl (C=O) groups is 2. The lowest BCUT2D eigenvalue weighted by atomic mass is 10.1. The molecule has 7 heteroatoms. The number of rotatable bonds is 6. The number of nitrogens with two attached hydrogens (primary N) is 1. The lowest BCUT2D eigenvalue weighted by Crippen LogP contribution is -2.46. The molecule has 0 saturated carbocycles. The van der Waals surface area contributed by atoms with Gasteiger partial charge in [-0.05, 0) is 30.2 Å². The molecule has 6 nitrogen and oxygen atoms in total. The van der Waals surface area contributed by atoms with E-state index in [0.717, 1.165) is 10.6 Å². The summed E-state index contributed by atoms with van der Waals surface area (Å²) in [5.41, 5.74) is 7.37. The highest BCUT2D eigenvalue weighted by Crippen LogP contribution is 2.23. The number of thiazole rings is 1. The highest BCUT2D eigenvalue weighted by Gasteiger charge is 2.17. The Hall–Kier alpha value is -2.25. The van der Waals surface area contributed by atoms with Crippen molar-refractivity contribution >= 4 is 28.8 Å². The Morgan fingerprint density at radius 2 is 1.96 bits per heavy atom. The summed E-state index contributed by atoms with van der Waals surface area (Å²) in [4.78, 5) is 27.8. The van der Waals surface area contributed by atoms with Gasteiger partial charge in [0.05, 0.1) is 12.6 Å². The maximum atomic E-state index is 11.8. The highest BCUT2D eigenvalue weighted by molar-refractivity contribution is 7.13. The molecule has 23 heavy (non-hydrogen) atoms. The molecule has 1 aromatic heterocycles. The van der Waals surface area contributed by atoms with E-state index in [1.54, 1.807) is 29.7 Å². The lowest BCUT2D eigenvalue weighted by molar-refractivity contribution is -0.125. The number of benzene rings is 1. The zero-order valence-electron chi connectivity index (χ0n) is 13.1. The van der Waals surface area contributed by atoms with Crippen LogP contribution in [-0.2, 0) is 9.59 Å². The van der Waals surface area contributed by atoms with Gasteiger partial charge >= 0.3 is 0 Å². The molecule has 2 rings (SSSR count). The molecule has 1 aromatic carbocycles. The summed E-state index contributed by atoms with van der Waals surface area (Å²) in [6, 6.07) is 6.77. The summed E-state index contributed by atoms with van der Waals surface area (Å²) in [5, 5.41) is 8.10. The van der Waals surface area contributed by atoms with Crippen molar-refractivity contribution in [3.05, 3.63) is 35.8 Å². The van der Waals surface area contributed by atoms with E-state index in [4.69, 9.17) is 5.73 Å². The van der Waals surface area contributed by atoms with Crippen LogP contribution in [0.15, 0.2) is 35.8 Å². The molecule has 0 aliphatic rings. The molecule has 0 radical (unpaired) electrons. The summed E-state index contributed by atoms with van der Waals surface area (Å²) in [7, 11) is 0. The second-order valence-electron chi connectivity index (χ2n) is 5.45. The van der Waals surface area contributed by atoms with Crippen LogP contribution in [0, 0.1) is 5.92 Å². The van der Waals surface area contributed by atoms with Crippen LogP contribution < -0.4 is 16.4 Å². The first-order chi connectivity index (χ1) is 11.0. The Bertz CT molecular complexity index is 653. The molecule has 122 valence electrons. The smallest absolute Gasteiger partial charge is 0.243 e. The number of hydrogen-bond donors (Lipinski definition) is 3. The van der Waals surface area contributed by atoms with Gasteiger partial charge in [-0.2, -0.15) is 0 Å². The van der Waals surface area contributed by atoms with E-state index in [0.29, 0.717) is 5.69 Å². The average molecular weight is 332 g/mol. The van der Waals surface area contributed by atoms with E-state index >= 15 is 0 Å².